The smallest absolute Gasteiger partial charge is 0.416 e. The average molecular weight is 377 g/mol. The topological polar surface area (TPSA) is 44.1 Å². The van der Waals surface area contributed by atoms with E-state index in [9.17, 15) is 18.0 Å². The summed E-state index contributed by atoms with van der Waals surface area (Å²) in [6, 6.07) is 4.39. The molecular weight excluding hydrogens is 365 g/mol. The van der Waals surface area contributed by atoms with Crippen molar-refractivity contribution in [3.8, 4) is 5.69 Å². The standard InChI is InChI=1S/C14H12BrF3N2O2/c1-3-22-13(21)12-11(15)8(2)19-20(12)10-6-4-9(5-7-10)14(16,17)18/h4-7H,3H2,1-2H3. The van der Waals surface area contributed by atoms with Gasteiger partial charge in [-0.2, -0.15) is 18.3 Å². The Kier molecular flexibility index (Phi) is 4.60. The highest BCUT2D eigenvalue weighted by molar-refractivity contribution is 9.10. The molecule has 0 saturated carbocycles. The van der Waals surface area contributed by atoms with E-state index in [1.807, 2.05) is 0 Å². The van der Waals surface area contributed by atoms with Gasteiger partial charge in [0.05, 0.1) is 28.0 Å². The van der Waals surface area contributed by atoms with Gasteiger partial charge in [-0.15, -0.1) is 0 Å². The fourth-order valence-corrected chi connectivity index (χ4v) is 2.27. The maximum Gasteiger partial charge on any atom is 0.416 e. The van der Waals surface area contributed by atoms with Crippen LogP contribution in [0.4, 0.5) is 13.2 Å². The summed E-state index contributed by atoms with van der Waals surface area (Å²) in [5.41, 5.74) is 0.240. The summed E-state index contributed by atoms with van der Waals surface area (Å²) in [6.07, 6.45) is -4.41. The van der Waals surface area contributed by atoms with Gasteiger partial charge in [0.15, 0.2) is 5.69 Å². The third-order valence-corrected chi connectivity index (χ3v) is 3.84. The first-order valence-electron chi connectivity index (χ1n) is 6.35. The molecule has 0 aliphatic carbocycles. The Bertz CT molecular complexity index is 693. The van der Waals surface area contributed by atoms with Crippen LogP contribution in [-0.4, -0.2) is 22.4 Å². The quantitative estimate of drug-likeness (QED) is 0.756. The number of hydrogen-bond acceptors (Lipinski definition) is 3. The van der Waals surface area contributed by atoms with Crippen LogP contribution >= 0.6 is 15.9 Å². The summed E-state index contributed by atoms with van der Waals surface area (Å²) < 4.78 is 44.4. The number of carbonyl (C=O) groups is 1. The van der Waals surface area contributed by atoms with Crippen LogP contribution in [-0.2, 0) is 10.9 Å². The van der Waals surface area contributed by atoms with Gasteiger partial charge < -0.3 is 4.74 Å². The van der Waals surface area contributed by atoms with E-state index in [1.54, 1.807) is 13.8 Å². The number of hydrogen-bond donors (Lipinski definition) is 0. The Labute approximate surface area is 133 Å². The molecule has 0 fully saturated rings. The zero-order valence-electron chi connectivity index (χ0n) is 11.7. The Hall–Kier alpha value is -1.83. The molecule has 4 nitrogen and oxygen atoms in total. The third kappa shape index (κ3) is 3.16. The highest BCUT2D eigenvalue weighted by Crippen LogP contribution is 2.30. The van der Waals surface area contributed by atoms with Crippen LogP contribution in [0.15, 0.2) is 28.7 Å². The van der Waals surface area contributed by atoms with Crippen molar-refractivity contribution in [2.24, 2.45) is 0 Å². The van der Waals surface area contributed by atoms with Gasteiger partial charge in [0, 0.05) is 0 Å². The number of rotatable bonds is 3. The summed E-state index contributed by atoms with van der Waals surface area (Å²) in [7, 11) is 0. The van der Waals surface area contributed by atoms with E-state index in [-0.39, 0.29) is 12.3 Å². The number of alkyl halides is 3. The molecule has 0 radical (unpaired) electrons. The van der Waals surface area contributed by atoms with Gasteiger partial charge in [-0.05, 0) is 54.0 Å². The molecule has 0 amide bonds. The molecule has 0 bridgehead atoms. The number of ether oxygens (including phenoxy) is 1. The van der Waals surface area contributed by atoms with Crippen LogP contribution in [0.25, 0.3) is 5.69 Å². The summed E-state index contributed by atoms with van der Waals surface area (Å²) in [5.74, 6) is -0.602. The lowest BCUT2D eigenvalue weighted by Gasteiger charge is -2.10. The Morgan fingerprint density at radius 3 is 2.41 bits per heavy atom. The molecule has 0 N–H and O–H groups in total. The van der Waals surface area contributed by atoms with Crippen molar-refractivity contribution >= 4 is 21.9 Å². The molecule has 1 aromatic carbocycles. The number of nitrogens with zero attached hydrogens (tertiary/aromatic N) is 2. The van der Waals surface area contributed by atoms with Crippen LogP contribution in [0.2, 0.25) is 0 Å². The maximum atomic E-state index is 12.6. The third-order valence-electron chi connectivity index (χ3n) is 2.90. The summed E-state index contributed by atoms with van der Waals surface area (Å²) in [4.78, 5) is 12.0. The molecule has 118 valence electrons. The zero-order chi connectivity index (χ0) is 16.5. The van der Waals surface area contributed by atoms with Gasteiger partial charge >= 0.3 is 12.1 Å². The average Bonchev–Trinajstić information content (AvgIpc) is 2.74. The first kappa shape index (κ1) is 16.5. The summed E-state index contributed by atoms with van der Waals surface area (Å²) in [5, 5.41) is 4.16. The van der Waals surface area contributed by atoms with Crippen molar-refractivity contribution in [2.45, 2.75) is 20.0 Å². The number of aryl methyl sites for hydroxylation is 1. The second kappa shape index (κ2) is 6.12. The van der Waals surface area contributed by atoms with Gasteiger partial charge in [-0.3, -0.25) is 0 Å². The van der Waals surface area contributed by atoms with Crippen molar-refractivity contribution in [2.75, 3.05) is 6.61 Å². The SMILES string of the molecule is CCOC(=O)c1c(Br)c(C)nn1-c1ccc(C(F)(F)F)cc1. The fraction of sp³-hybridized carbons (Fsp3) is 0.286. The fourth-order valence-electron chi connectivity index (χ4n) is 1.86. The molecule has 0 aliphatic rings. The molecule has 2 rings (SSSR count). The van der Waals surface area contributed by atoms with Crippen LogP contribution in [0.5, 0.6) is 0 Å². The van der Waals surface area contributed by atoms with Crippen molar-refractivity contribution in [1.82, 2.24) is 9.78 Å². The number of esters is 1. The van der Waals surface area contributed by atoms with Crippen molar-refractivity contribution in [3.63, 3.8) is 0 Å². The van der Waals surface area contributed by atoms with Gasteiger partial charge in [-0.1, -0.05) is 0 Å². The zero-order valence-corrected chi connectivity index (χ0v) is 13.3. The normalized spacial score (nSPS) is 11.5. The van der Waals surface area contributed by atoms with Gasteiger partial charge in [0.1, 0.15) is 0 Å². The van der Waals surface area contributed by atoms with Crippen molar-refractivity contribution in [1.29, 1.82) is 0 Å². The van der Waals surface area contributed by atoms with Crippen LogP contribution in [0, 0.1) is 6.92 Å². The molecular formula is C14H12BrF3N2O2. The lowest BCUT2D eigenvalue weighted by atomic mass is 10.2. The Morgan fingerprint density at radius 2 is 1.91 bits per heavy atom. The van der Waals surface area contributed by atoms with Gasteiger partial charge in [0.25, 0.3) is 0 Å². The molecule has 0 spiro atoms. The van der Waals surface area contributed by atoms with Crippen LogP contribution in [0.1, 0.15) is 28.7 Å². The minimum atomic E-state index is -4.41. The lowest BCUT2D eigenvalue weighted by molar-refractivity contribution is -0.137. The van der Waals surface area contributed by atoms with E-state index in [0.717, 1.165) is 12.1 Å². The molecule has 1 heterocycles. The summed E-state index contributed by atoms with van der Waals surface area (Å²) in [6.45, 7) is 3.52. The number of halogens is 4. The first-order valence-corrected chi connectivity index (χ1v) is 7.15. The van der Waals surface area contributed by atoms with Crippen molar-refractivity contribution < 1.29 is 22.7 Å². The minimum Gasteiger partial charge on any atom is -0.461 e. The predicted octanol–water partition coefficient (Wildman–Crippen LogP) is 4.14. The largest absolute Gasteiger partial charge is 0.461 e. The summed E-state index contributed by atoms with van der Waals surface area (Å²) >= 11 is 3.25. The lowest BCUT2D eigenvalue weighted by Crippen LogP contribution is -2.13. The molecule has 0 atom stereocenters. The second-order valence-corrected chi connectivity index (χ2v) is 5.22. The highest BCUT2D eigenvalue weighted by atomic mass is 79.9. The molecule has 0 saturated heterocycles. The molecule has 2 aromatic rings. The van der Waals surface area contributed by atoms with E-state index < -0.39 is 17.7 Å². The minimum absolute atomic E-state index is 0.138. The number of benzene rings is 1. The number of carbonyl (C=O) groups excluding carboxylic acids is 1. The number of aromatic nitrogens is 2. The molecule has 22 heavy (non-hydrogen) atoms. The Balaban J connectivity index is 2.49. The predicted molar refractivity (Wildman–Crippen MR) is 77.0 cm³/mol. The Morgan fingerprint density at radius 1 is 1.32 bits per heavy atom. The van der Waals surface area contributed by atoms with Gasteiger partial charge in [0.2, 0.25) is 0 Å². The molecule has 8 heteroatoms. The molecule has 1 aromatic heterocycles. The second-order valence-electron chi connectivity index (χ2n) is 4.42. The van der Waals surface area contributed by atoms with Crippen LogP contribution < -0.4 is 0 Å². The van der Waals surface area contributed by atoms with Crippen LogP contribution in [0.3, 0.4) is 0 Å². The van der Waals surface area contributed by atoms with E-state index in [1.165, 1.54) is 16.8 Å². The molecule has 0 aliphatic heterocycles. The van der Waals surface area contributed by atoms with E-state index in [4.69, 9.17) is 4.74 Å². The highest BCUT2D eigenvalue weighted by Gasteiger charge is 2.30. The van der Waals surface area contributed by atoms with E-state index in [2.05, 4.69) is 21.0 Å². The monoisotopic (exact) mass is 376 g/mol. The van der Waals surface area contributed by atoms with E-state index >= 15 is 0 Å². The maximum absolute atomic E-state index is 12.6. The first-order chi connectivity index (χ1) is 10.3. The van der Waals surface area contributed by atoms with E-state index in [0.29, 0.717) is 15.9 Å². The van der Waals surface area contributed by atoms with Gasteiger partial charge in [-0.25, -0.2) is 9.48 Å². The molecule has 0 unspecified atom stereocenters. The van der Waals surface area contributed by atoms with Crippen molar-refractivity contribution in [3.05, 3.63) is 45.7 Å².